The molecule has 2 aromatic heterocycles. The van der Waals surface area contributed by atoms with Crippen LogP contribution in [0.2, 0.25) is 0 Å². The van der Waals surface area contributed by atoms with Gasteiger partial charge in [0.15, 0.2) is 0 Å². The third-order valence-corrected chi connectivity index (χ3v) is 3.98. The van der Waals surface area contributed by atoms with Crippen LogP contribution in [-0.4, -0.2) is 32.8 Å². The van der Waals surface area contributed by atoms with E-state index in [9.17, 15) is 4.79 Å². The molecule has 6 heteroatoms. The molecule has 0 bridgehead atoms. The van der Waals surface area contributed by atoms with E-state index >= 15 is 0 Å². The molecular formula is C15H20N4O2. The molecule has 0 aliphatic carbocycles. The third-order valence-electron chi connectivity index (χ3n) is 3.98. The van der Waals surface area contributed by atoms with Crippen molar-refractivity contribution in [1.82, 2.24) is 19.7 Å². The Morgan fingerprint density at radius 2 is 2.14 bits per heavy atom. The van der Waals surface area contributed by atoms with Crippen molar-refractivity contribution in [1.29, 1.82) is 0 Å². The van der Waals surface area contributed by atoms with Crippen LogP contribution in [0.4, 0.5) is 0 Å². The second kappa shape index (κ2) is 6.22. The highest BCUT2D eigenvalue weighted by Gasteiger charge is 2.21. The Morgan fingerprint density at radius 3 is 2.86 bits per heavy atom. The summed E-state index contributed by atoms with van der Waals surface area (Å²) in [6.45, 7) is 5.41. The molecule has 0 atom stereocenters. The standard InChI is InChI=1S/C15H20N4O2/c1-12-2-3-15(20)19(17-12)10-13-4-7-18(8-5-13)11-14-16-6-9-21-14/h2-3,6,9,13H,4-5,7-8,10-11H2,1H3. The fourth-order valence-corrected chi connectivity index (χ4v) is 2.78. The highest BCUT2D eigenvalue weighted by molar-refractivity contribution is 4.97. The smallest absolute Gasteiger partial charge is 0.266 e. The maximum absolute atomic E-state index is 11.8. The van der Waals surface area contributed by atoms with Crippen LogP contribution in [0.1, 0.15) is 24.4 Å². The molecule has 1 fully saturated rings. The Bertz CT molecular complexity index is 627. The minimum Gasteiger partial charge on any atom is -0.448 e. The zero-order chi connectivity index (χ0) is 14.7. The van der Waals surface area contributed by atoms with Gasteiger partial charge in [-0.25, -0.2) is 9.67 Å². The van der Waals surface area contributed by atoms with Gasteiger partial charge in [0.2, 0.25) is 5.89 Å². The SMILES string of the molecule is Cc1ccc(=O)n(CC2CCN(Cc3ncco3)CC2)n1. The Balaban J connectivity index is 1.54. The first kappa shape index (κ1) is 14.0. The quantitative estimate of drug-likeness (QED) is 0.852. The minimum absolute atomic E-state index is 0.0113. The van der Waals surface area contributed by atoms with E-state index in [4.69, 9.17) is 4.42 Å². The molecule has 0 radical (unpaired) electrons. The summed E-state index contributed by atoms with van der Waals surface area (Å²) in [5.74, 6) is 1.28. The van der Waals surface area contributed by atoms with Gasteiger partial charge in [0.05, 0.1) is 18.4 Å². The van der Waals surface area contributed by atoms with E-state index < -0.39 is 0 Å². The molecule has 1 aliphatic heterocycles. The molecule has 0 spiro atoms. The molecule has 0 aromatic carbocycles. The van der Waals surface area contributed by atoms with Gasteiger partial charge in [-0.2, -0.15) is 5.10 Å². The first-order valence-corrected chi connectivity index (χ1v) is 7.36. The number of hydrogen-bond acceptors (Lipinski definition) is 5. The van der Waals surface area contributed by atoms with Crippen LogP contribution < -0.4 is 5.56 Å². The van der Waals surface area contributed by atoms with Gasteiger partial charge in [-0.1, -0.05) is 0 Å². The molecule has 1 aliphatic rings. The van der Waals surface area contributed by atoms with Gasteiger partial charge < -0.3 is 4.42 Å². The molecule has 3 heterocycles. The maximum Gasteiger partial charge on any atom is 0.266 e. The van der Waals surface area contributed by atoms with Gasteiger partial charge >= 0.3 is 0 Å². The lowest BCUT2D eigenvalue weighted by molar-refractivity contribution is 0.152. The second-order valence-electron chi connectivity index (χ2n) is 5.64. The van der Waals surface area contributed by atoms with Crippen LogP contribution >= 0.6 is 0 Å². The van der Waals surface area contributed by atoms with E-state index in [1.54, 1.807) is 29.3 Å². The molecule has 0 N–H and O–H groups in total. The van der Waals surface area contributed by atoms with Gasteiger partial charge in [0.1, 0.15) is 6.26 Å². The van der Waals surface area contributed by atoms with Crippen LogP contribution in [0.3, 0.4) is 0 Å². The second-order valence-corrected chi connectivity index (χ2v) is 5.64. The largest absolute Gasteiger partial charge is 0.448 e. The Kier molecular flexibility index (Phi) is 4.15. The Morgan fingerprint density at radius 1 is 1.33 bits per heavy atom. The predicted molar refractivity (Wildman–Crippen MR) is 77.7 cm³/mol. The summed E-state index contributed by atoms with van der Waals surface area (Å²) in [6.07, 6.45) is 5.43. The number of nitrogens with zero attached hydrogens (tertiary/aromatic N) is 4. The van der Waals surface area contributed by atoms with Crippen LogP contribution in [-0.2, 0) is 13.1 Å². The topological polar surface area (TPSA) is 64.2 Å². The zero-order valence-corrected chi connectivity index (χ0v) is 12.2. The lowest BCUT2D eigenvalue weighted by Crippen LogP contribution is -2.36. The fourth-order valence-electron chi connectivity index (χ4n) is 2.78. The average molecular weight is 288 g/mol. The minimum atomic E-state index is -0.0113. The Labute approximate surface area is 123 Å². The number of aryl methyl sites for hydroxylation is 1. The lowest BCUT2D eigenvalue weighted by Gasteiger charge is -2.31. The van der Waals surface area contributed by atoms with Gasteiger partial charge in [-0.05, 0) is 44.8 Å². The molecule has 0 unspecified atom stereocenters. The maximum atomic E-state index is 11.8. The number of aromatic nitrogens is 3. The van der Waals surface area contributed by atoms with E-state index in [1.165, 1.54) is 0 Å². The van der Waals surface area contributed by atoms with Gasteiger partial charge in [-0.15, -0.1) is 0 Å². The van der Waals surface area contributed by atoms with Crippen molar-refractivity contribution in [2.45, 2.75) is 32.9 Å². The lowest BCUT2D eigenvalue weighted by atomic mass is 9.97. The van der Waals surface area contributed by atoms with Crippen LogP contribution in [0, 0.1) is 12.8 Å². The summed E-state index contributed by atoms with van der Waals surface area (Å²) in [4.78, 5) is 18.3. The summed E-state index contributed by atoms with van der Waals surface area (Å²) in [5.41, 5.74) is 0.874. The van der Waals surface area contributed by atoms with Crippen LogP contribution in [0.5, 0.6) is 0 Å². The van der Waals surface area contributed by atoms with Crippen molar-refractivity contribution in [3.05, 3.63) is 46.5 Å². The zero-order valence-electron chi connectivity index (χ0n) is 12.2. The number of hydrogen-bond donors (Lipinski definition) is 0. The summed E-state index contributed by atoms with van der Waals surface area (Å²) in [6, 6.07) is 3.36. The molecule has 0 amide bonds. The van der Waals surface area contributed by atoms with Crippen molar-refractivity contribution in [3.63, 3.8) is 0 Å². The fraction of sp³-hybridized carbons (Fsp3) is 0.533. The average Bonchev–Trinajstić information content (AvgIpc) is 2.98. The number of piperidine rings is 1. The summed E-state index contributed by atoms with van der Waals surface area (Å²) in [5, 5.41) is 4.31. The van der Waals surface area contributed by atoms with Gasteiger partial charge in [0, 0.05) is 12.6 Å². The summed E-state index contributed by atoms with van der Waals surface area (Å²) < 4.78 is 6.88. The van der Waals surface area contributed by atoms with Crippen molar-refractivity contribution in [2.24, 2.45) is 5.92 Å². The van der Waals surface area contributed by atoms with Gasteiger partial charge in [-0.3, -0.25) is 9.69 Å². The third kappa shape index (κ3) is 3.58. The van der Waals surface area contributed by atoms with Crippen molar-refractivity contribution in [2.75, 3.05) is 13.1 Å². The van der Waals surface area contributed by atoms with E-state index in [1.807, 2.05) is 6.92 Å². The van der Waals surface area contributed by atoms with Crippen LogP contribution in [0.15, 0.2) is 33.8 Å². The normalized spacial score (nSPS) is 17.2. The first-order valence-electron chi connectivity index (χ1n) is 7.36. The molecular weight excluding hydrogens is 268 g/mol. The predicted octanol–water partition coefficient (Wildman–Crippen LogP) is 1.45. The van der Waals surface area contributed by atoms with Crippen LogP contribution in [0.25, 0.3) is 0 Å². The van der Waals surface area contributed by atoms with Crippen molar-refractivity contribution in [3.8, 4) is 0 Å². The van der Waals surface area contributed by atoms with Gasteiger partial charge in [0.25, 0.3) is 5.56 Å². The summed E-state index contributed by atoms with van der Waals surface area (Å²) >= 11 is 0. The molecule has 6 nitrogen and oxygen atoms in total. The highest BCUT2D eigenvalue weighted by atomic mass is 16.3. The number of rotatable bonds is 4. The highest BCUT2D eigenvalue weighted by Crippen LogP contribution is 2.19. The summed E-state index contributed by atoms with van der Waals surface area (Å²) in [7, 11) is 0. The molecule has 3 rings (SSSR count). The molecule has 2 aromatic rings. The molecule has 112 valence electrons. The molecule has 0 saturated carbocycles. The molecule has 1 saturated heterocycles. The molecule has 21 heavy (non-hydrogen) atoms. The van der Waals surface area contributed by atoms with Crippen molar-refractivity contribution >= 4 is 0 Å². The number of oxazole rings is 1. The van der Waals surface area contributed by atoms with E-state index in [0.717, 1.165) is 44.1 Å². The number of likely N-dealkylation sites (tertiary alicyclic amines) is 1. The van der Waals surface area contributed by atoms with E-state index in [-0.39, 0.29) is 5.56 Å². The van der Waals surface area contributed by atoms with E-state index in [2.05, 4.69) is 15.0 Å². The van der Waals surface area contributed by atoms with Crippen molar-refractivity contribution < 1.29 is 4.42 Å². The van der Waals surface area contributed by atoms with E-state index in [0.29, 0.717) is 12.5 Å². The first-order chi connectivity index (χ1) is 10.2. The Hall–Kier alpha value is -1.95. The monoisotopic (exact) mass is 288 g/mol.